The van der Waals surface area contributed by atoms with Crippen LogP contribution in [0.25, 0.3) is 0 Å². The minimum atomic E-state index is -0.385. The highest BCUT2D eigenvalue weighted by Crippen LogP contribution is 2.20. The zero-order chi connectivity index (χ0) is 15.8. The number of aryl methyl sites for hydroxylation is 1. The molecule has 7 nitrogen and oxygen atoms in total. The molecular weight excluding hydrogens is 270 g/mol. The van der Waals surface area contributed by atoms with Crippen LogP contribution < -0.4 is 16.0 Å². The third-order valence-corrected chi connectivity index (χ3v) is 2.95. The number of hydrogen-bond acceptors (Lipinski definition) is 6. The number of methoxy groups -OCH3 is 1. The molecule has 0 saturated heterocycles. The lowest BCUT2D eigenvalue weighted by atomic mass is 10.2. The highest BCUT2D eigenvalue weighted by atomic mass is 16.5. The van der Waals surface area contributed by atoms with E-state index in [0.29, 0.717) is 24.8 Å². The van der Waals surface area contributed by atoms with Crippen molar-refractivity contribution in [3.8, 4) is 0 Å². The van der Waals surface area contributed by atoms with Crippen LogP contribution >= 0.6 is 0 Å². The largest absolute Gasteiger partial charge is 0.383 e. The number of carbonyl (C=O) groups excluding carboxylic acids is 1. The van der Waals surface area contributed by atoms with Crippen LogP contribution in [0.3, 0.4) is 0 Å². The monoisotopic (exact) mass is 295 g/mol. The average molecular weight is 295 g/mol. The summed E-state index contributed by atoms with van der Waals surface area (Å²) in [6, 6.07) is -0.385. The molecular formula is C14H25N5O2. The number of carbonyl (C=O) groups is 1. The van der Waals surface area contributed by atoms with Gasteiger partial charge in [-0.15, -0.1) is 0 Å². The summed E-state index contributed by atoms with van der Waals surface area (Å²) in [4.78, 5) is 20.7. The van der Waals surface area contributed by atoms with Gasteiger partial charge in [-0.25, -0.2) is 9.97 Å². The Kier molecular flexibility index (Phi) is 6.87. The van der Waals surface area contributed by atoms with Crippen molar-refractivity contribution in [2.24, 2.45) is 0 Å². The standard InChI is InChI=1S/C14H25N5O2/c1-6-15-12-9(2)13(19-11(4)18-12)17-10(3)14(20)16-7-8-21-5/h10H,6-8H2,1-5H3,(H,16,20)(H2,15,17,18,19). The van der Waals surface area contributed by atoms with Crippen molar-refractivity contribution < 1.29 is 9.53 Å². The fraction of sp³-hybridized carbons (Fsp3) is 0.643. The van der Waals surface area contributed by atoms with Gasteiger partial charge in [0.1, 0.15) is 23.5 Å². The second-order valence-corrected chi connectivity index (χ2v) is 4.77. The normalized spacial score (nSPS) is 11.9. The second-order valence-electron chi connectivity index (χ2n) is 4.77. The maximum absolute atomic E-state index is 11.9. The number of nitrogens with one attached hydrogen (secondary N) is 3. The third kappa shape index (κ3) is 5.18. The van der Waals surface area contributed by atoms with Gasteiger partial charge in [0.2, 0.25) is 5.91 Å². The average Bonchev–Trinajstić information content (AvgIpc) is 2.44. The topological polar surface area (TPSA) is 88.2 Å². The van der Waals surface area contributed by atoms with Gasteiger partial charge < -0.3 is 20.7 Å². The van der Waals surface area contributed by atoms with Gasteiger partial charge >= 0.3 is 0 Å². The van der Waals surface area contributed by atoms with Crippen molar-refractivity contribution in [3.05, 3.63) is 11.4 Å². The molecule has 1 unspecified atom stereocenters. The number of ether oxygens (including phenoxy) is 1. The molecule has 0 bridgehead atoms. The van der Waals surface area contributed by atoms with Gasteiger partial charge in [-0.05, 0) is 27.7 Å². The smallest absolute Gasteiger partial charge is 0.242 e. The molecule has 0 aromatic carbocycles. The molecule has 1 atom stereocenters. The first-order valence-corrected chi connectivity index (χ1v) is 7.11. The summed E-state index contributed by atoms with van der Waals surface area (Å²) < 4.78 is 4.90. The number of nitrogens with zero attached hydrogens (tertiary/aromatic N) is 2. The van der Waals surface area contributed by atoms with Gasteiger partial charge in [0.25, 0.3) is 0 Å². The van der Waals surface area contributed by atoms with E-state index in [1.807, 2.05) is 20.8 Å². The molecule has 7 heteroatoms. The highest BCUT2D eigenvalue weighted by Gasteiger charge is 2.16. The predicted octanol–water partition coefficient (Wildman–Crippen LogP) is 1.09. The zero-order valence-corrected chi connectivity index (χ0v) is 13.4. The Morgan fingerprint density at radius 1 is 1.29 bits per heavy atom. The van der Waals surface area contributed by atoms with Gasteiger partial charge in [-0.2, -0.15) is 0 Å². The lowest BCUT2D eigenvalue weighted by Crippen LogP contribution is -2.39. The van der Waals surface area contributed by atoms with Gasteiger partial charge in [-0.3, -0.25) is 4.79 Å². The molecule has 0 radical (unpaired) electrons. The Morgan fingerprint density at radius 3 is 2.57 bits per heavy atom. The van der Waals surface area contributed by atoms with Crippen molar-refractivity contribution in [1.82, 2.24) is 15.3 Å². The van der Waals surface area contributed by atoms with Gasteiger partial charge in [-0.1, -0.05) is 0 Å². The fourth-order valence-corrected chi connectivity index (χ4v) is 1.81. The summed E-state index contributed by atoms with van der Waals surface area (Å²) >= 11 is 0. The summed E-state index contributed by atoms with van der Waals surface area (Å²) in [6.45, 7) is 9.33. The summed E-state index contributed by atoms with van der Waals surface area (Å²) in [5.41, 5.74) is 0.902. The number of aromatic nitrogens is 2. The van der Waals surface area contributed by atoms with E-state index in [2.05, 4.69) is 25.9 Å². The van der Waals surface area contributed by atoms with Crippen molar-refractivity contribution in [1.29, 1.82) is 0 Å². The first-order chi connectivity index (χ1) is 9.99. The number of hydrogen-bond donors (Lipinski definition) is 3. The molecule has 1 aromatic heterocycles. The molecule has 1 aromatic rings. The van der Waals surface area contributed by atoms with E-state index in [1.54, 1.807) is 14.0 Å². The Labute approximate surface area is 125 Å². The van der Waals surface area contributed by atoms with E-state index in [4.69, 9.17) is 4.74 Å². The molecule has 0 spiro atoms. The molecule has 0 aliphatic rings. The first kappa shape index (κ1) is 17.2. The number of anilines is 2. The molecule has 0 fully saturated rings. The van der Waals surface area contributed by atoms with Crippen molar-refractivity contribution >= 4 is 17.5 Å². The molecule has 1 heterocycles. The van der Waals surface area contributed by atoms with Crippen LogP contribution in [0.1, 0.15) is 25.2 Å². The predicted molar refractivity (Wildman–Crippen MR) is 83.6 cm³/mol. The Morgan fingerprint density at radius 2 is 1.95 bits per heavy atom. The highest BCUT2D eigenvalue weighted by molar-refractivity contribution is 5.84. The lowest BCUT2D eigenvalue weighted by Gasteiger charge is -2.18. The quantitative estimate of drug-likeness (QED) is 0.622. The summed E-state index contributed by atoms with van der Waals surface area (Å²) in [5, 5.41) is 9.12. The lowest BCUT2D eigenvalue weighted by molar-refractivity contribution is -0.121. The van der Waals surface area contributed by atoms with Gasteiger partial charge in [0, 0.05) is 25.8 Å². The van der Waals surface area contributed by atoms with E-state index < -0.39 is 0 Å². The van der Waals surface area contributed by atoms with Gasteiger partial charge in [0.05, 0.1) is 6.61 Å². The molecule has 0 aliphatic carbocycles. The minimum Gasteiger partial charge on any atom is -0.383 e. The van der Waals surface area contributed by atoms with Crippen LogP contribution in [0, 0.1) is 13.8 Å². The molecule has 3 N–H and O–H groups in total. The zero-order valence-electron chi connectivity index (χ0n) is 13.4. The van der Waals surface area contributed by atoms with Crippen molar-refractivity contribution in [3.63, 3.8) is 0 Å². The Balaban J connectivity index is 2.75. The molecule has 0 aliphatic heterocycles. The van der Waals surface area contributed by atoms with Gasteiger partial charge in [0.15, 0.2) is 0 Å². The van der Waals surface area contributed by atoms with E-state index in [-0.39, 0.29) is 11.9 Å². The van der Waals surface area contributed by atoms with Crippen LogP contribution in [-0.4, -0.2) is 48.7 Å². The van der Waals surface area contributed by atoms with Crippen LogP contribution in [0.4, 0.5) is 11.6 Å². The van der Waals surface area contributed by atoms with E-state index in [0.717, 1.165) is 17.9 Å². The molecule has 1 rings (SSSR count). The first-order valence-electron chi connectivity index (χ1n) is 7.11. The summed E-state index contributed by atoms with van der Waals surface area (Å²) in [5.74, 6) is 2.03. The van der Waals surface area contributed by atoms with E-state index in [9.17, 15) is 4.79 Å². The third-order valence-electron chi connectivity index (χ3n) is 2.95. The maximum atomic E-state index is 11.9. The molecule has 21 heavy (non-hydrogen) atoms. The fourth-order valence-electron chi connectivity index (χ4n) is 1.81. The molecule has 0 saturated carbocycles. The van der Waals surface area contributed by atoms with Crippen molar-refractivity contribution in [2.75, 3.05) is 37.4 Å². The summed E-state index contributed by atoms with van der Waals surface area (Å²) in [7, 11) is 1.60. The number of amides is 1. The summed E-state index contributed by atoms with van der Waals surface area (Å²) in [6.07, 6.45) is 0. The van der Waals surface area contributed by atoms with Crippen LogP contribution in [0.5, 0.6) is 0 Å². The molecule has 1 amide bonds. The van der Waals surface area contributed by atoms with E-state index in [1.165, 1.54) is 0 Å². The van der Waals surface area contributed by atoms with Crippen LogP contribution in [-0.2, 0) is 9.53 Å². The number of rotatable bonds is 8. The van der Waals surface area contributed by atoms with E-state index >= 15 is 0 Å². The minimum absolute atomic E-state index is 0.0901. The second kappa shape index (κ2) is 8.41. The Hall–Kier alpha value is -1.89. The maximum Gasteiger partial charge on any atom is 0.242 e. The Bertz CT molecular complexity index is 479. The van der Waals surface area contributed by atoms with Crippen LogP contribution in [0.2, 0.25) is 0 Å². The van der Waals surface area contributed by atoms with Crippen LogP contribution in [0.15, 0.2) is 0 Å². The molecule has 118 valence electrons. The van der Waals surface area contributed by atoms with Crippen molar-refractivity contribution in [2.45, 2.75) is 33.7 Å². The SMILES string of the molecule is CCNc1nc(C)nc(NC(C)C(=O)NCCOC)c1C.